The molecule has 0 spiro atoms. The van der Waals surface area contributed by atoms with Crippen molar-refractivity contribution in [2.75, 3.05) is 0 Å². The molecule has 0 aliphatic carbocycles. The molecule has 20 heavy (non-hydrogen) atoms. The summed E-state index contributed by atoms with van der Waals surface area (Å²) in [7, 11) is 0. The first kappa shape index (κ1) is 15.3. The van der Waals surface area contributed by atoms with Crippen molar-refractivity contribution in [3.63, 3.8) is 0 Å². The molecule has 4 nitrogen and oxygen atoms in total. The minimum Gasteiger partial charge on any atom is -0.318 e. The number of hydrogen-bond donors (Lipinski definition) is 0. The summed E-state index contributed by atoms with van der Waals surface area (Å²) in [5.41, 5.74) is 1.89. The van der Waals surface area contributed by atoms with E-state index >= 15 is 0 Å². The van der Waals surface area contributed by atoms with Crippen LogP contribution in [0.3, 0.4) is 0 Å². The number of imidazole rings is 1. The van der Waals surface area contributed by atoms with Gasteiger partial charge in [-0.05, 0) is 38.3 Å². The molecule has 1 aromatic heterocycles. The predicted octanol–water partition coefficient (Wildman–Crippen LogP) is 3.84. The first-order valence-electron chi connectivity index (χ1n) is 6.71. The first-order chi connectivity index (χ1) is 9.60. The Balaban J connectivity index is 2.05. The summed E-state index contributed by atoms with van der Waals surface area (Å²) in [5.74, 6) is 0.972. The summed E-state index contributed by atoms with van der Waals surface area (Å²) >= 11 is 7.72. The van der Waals surface area contributed by atoms with Crippen molar-refractivity contribution in [1.29, 1.82) is 0 Å². The Morgan fingerprint density at radius 2 is 2.25 bits per heavy atom. The minimum atomic E-state index is 0.172. The Bertz CT molecular complexity index is 563. The predicted molar refractivity (Wildman–Crippen MR) is 84.3 cm³/mol. The normalized spacial score (nSPS) is 19.1. The van der Waals surface area contributed by atoms with Crippen LogP contribution in [0.25, 0.3) is 0 Å². The summed E-state index contributed by atoms with van der Waals surface area (Å²) in [4.78, 5) is 20.1. The van der Waals surface area contributed by atoms with Crippen LogP contribution >= 0.6 is 23.4 Å². The van der Waals surface area contributed by atoms with E-state index in [-0.39, 0.29) is 5.78 Å². The third kappa shape index (κ3) is 3.96. The minimum absolute atomic E-state index is 0.172. The summed E-state index contributed by atoms with van der Waals surface area (Å²) in [6, 6.07) is 0. The van der Waals surface area contributed by atoms with Crippen molar-refractivity contribution in [3.8, 4) is 0 Å². The third-order valence-corrected chi connectivity index (χ3v) is 4.45. The van der Waals surface area contributed by atoms with Gasteiger partial charge in [0, 0.05) is 36.2 Å². The summed E-state index contributed by atoms with van der Waals surface area (Å²) in [5, 5.41) is 1.61. The Labute approximate surface area is 128 Å². The average Bonchev–Trinajstić information content (AvgIpc) is 2.74. The molecule has 0 aromatic carbocycles. The van der Waals surface area contributed by atoms with Gasteiger partial charge in [0.25, 0.3) is 0 Å². The molecular weight excluding hydrogens is 294 g/mol. The summed E-state index contributed by atoms with van der Waals surface area (Å²) in [6.45, 7) is 4.74. The maximum Gasteiger partial charge on any atom is 0.202 e. The van der Waals surface area contributed by atoms with E-state index in [0.717, 1.165) is 41.6 Å². The van der Waals surface area contributed by atoms with Crippen molar-refractivity contribution >= 4 is 34.2 Å². The molecule has 0 amide bonds. The fourth-order valence-corrected chi connectivity index (χ4v) is 3.42. The number of halogens is 1. The average molecular weight is 312 g/mol. The van der Waals surface area contributed by atoms with Crippen molar-refractivity contribution in [3.05, 3.63) is 28.9 Å². The third-order valence-electron chi connectivity index (χ3n) is 3.08. The highest BCUT2D eigenvalue weighted by Gasteiger charge is 2.11. The SMILES string of the molecule is CCn1c(CSC2=N/C(C)=C\C(=O)CCC2)cnc1Cl. The second-order valence-electron chi connectivity index (χ2n) is 4.66. The van der Waals surface area contributed by atoms with Gasteiger partial charge < -0.3 is 4.57 Å². The van der Waals surface area contributed by atoms with Gasteiger partial charge in [0.05, 0.1) is 11.2 Å². The van der Waals surface area contributed by atoms with Crippen molar-refractivity contribution in [2.24, 2.45) is 4.99 Å². The molecule has 1 aromatic rings. The Morgan fingerprint density at radius 3 is 3.00 bits per heavy atom. The molecule has 0 unspecified atom stereocenters. The van der Waals surface area contributed by atoms with E-state index < -0.39 is 0 Å². The number of rotatable bonds is 3. The molecule has 2 heterocycles. The second-order valence-corrected chi connectivity index (χ2v) is 6.05. The maximum atomic E-state index is 11.4. The molecular formula is C14H18ClN3OS. The number of aromatic nitrogens is 2. The smallest absolute Gasteiger partial charge is 0.202 e. The highest BCUT2D eigenvalue weighted by atomic mass is 35.5. The lowest BCUT2D eigenvalue weighted by atomic mass is 10.1. The van der Waals surface area contributed by atoms with Gasteiger partial charge in [0.2, 0.25) is 5.28 Å². The topological polar surface area (TPSA) is 47.2 Å². The van der Waals surface area contributed by atoms with Gasteiger partial charge in [-0.2, -0.15) is 0 Å². The molecule has 0 saturated heterocycles. The highest BCUT2D eigenvalue weighted by molar-refractivity contribution is 8.13. The number of nitrogens with zero attached hydrogens (tertiary/aromatic N) is 3. The van der Waals surface area contributed by atoms with Crippen LogP contribution in [0.4, 0.5) is 0 Å². The van der Waals surface area contributed by atoms with Crippen LogP contribution in [0.5, 0.6) is 0 Å². The lowest BCUT2D eigenvalue weighted by molar-refractivity contribution is -0.114. The van der Waals surface area contributed by atoms with Crippen LogP contribution in [-0.2, 0) is 17.1 Å². The van der Waals surface area contributed by atoms with Gasteiger partial charge in [-0.3, -0.25) is 9.79 Å². The maximum absolute atomic E-state index is 11.4. The van der Waals surface area contributed by atoms with Crippen molar-refractivity contribution in [2.45, 2.75) is 45.4 Å². The summed E-state index contributed by atoms with van der Waals surface area (Å²) < 4.78 is 1.99. The van der Waals surface area contributed by atoms with Gasteiger partial charge >= 0.3 is 0 Å². The number of thioether (sulfide) groups is 1. The van der Waals surface area contributed by atoms with Crippen LogP contribution in [0.1, 0.15) is 38.8 Å². The molecule has 108 valence electrons. The van der Waals surface area contributed by atoms with Crippen LogP contribution in [0.15, 0.2) is 23.0 Å². The highest BCUT2D eigenvalue weighted by Crippen LogP contribution is 2.22. The molecule has 2 rings (SSSR count). The van der Waals surface area contributed by atoms with Gasteiger partial charge in [-0.1, -0.05) is 0 Å². The molecule has 0 radical (unpaired) electrons. The first-order valence-corrected chi connectivity index (χ1v) is 8.08. The molecule has 0 saturated carbocycles. The Morgan fingerprint density at radius 1 is 1.45 bits per heavy atom. The molecule has 0 N–H and O–H groups in total. The van der Waals surface area contributed by atoms with E-state index in [1.165, 1.54) is 0 Å². The Kier molecular flexibility index (Phi) is 5.43. The zero-order valence-electron chi connectivity index (χ0n) is 11.7. The standard InChI is InChI=1S/C14H18ClN3OS/c1-3-18-11(8-16-14(18)15)9-20-13-6-4-5-12(19)7-10(2)17-13/h7-8H,3-6,9H2,1-2H3/b10-7-,17-13?. The quantitative estimate of drug-likeness (QED) is 0.852. The van der Waals surface area contributed by atoms with Gasteiger partial charge in [0.15, 0.2) is 5.78 Å². The zero-order chi connectivity index (χ0) is 14.5. The number of aliphatic imine (C=N–C) groups is 1. The fourth-order valence-electron chi connectivity index (χ4n) is 2.10. The van der Waals surface area contributed by atoms with E-state index in [4.69, 9.17) is 11.6 Å². The van der Waals surface area contributed by atoms with E-state index in [0.29, 0.717) is 11.7 Å². The van der Waals surface area contributed by atoms with E-state index in [1.807, 2.05) is 24.6 Å². The number of ketones is 1. The molecule has 0 fully saturated rings. The van der Waals surface area contributed by atoms with Gasteiger partial charge in [0.1, 0.15) is 0 Å². The van der Waals surface area contributed by atoms with E-state index in [2.05, 4.69) is 9.98 Å². The van der Waals surface area contributed by atoms with Crippen LogP contribution in [-0.4, -0.2) is 20.4 Å². The number of hydrogen-bond acceptors (Lipinski definition) is 4. The van der Waals surface area contributed by atoms with Crippen molar-refractivity contribution in [1.82, 2.24) is 9.55 Å². The number of carbonyl (C=O) groups is 1. The number of allylic oxidation sites excluding steroid dienone is 2. The Hall–Kier alpha value is -1.07. The monoisotopic (exact) mass is 311 g/mol. The van der Waals surface area contributed by atoms with E-state index in [9.17, 15) is 4.79 Å². The molecule has 1 aliphatic heterocycles. The van der Waals surface area contributed by atoms with E-state index in [1.54, 1.807) is 17.8 Å². The molecule has 6 heteroatoms. The van der Waals surface area contributed by atoms with Gasteiger partial charge in [-0.15, -0.1) is 11.8 Å². The number of carbonyl (C=O) groups excluding carboxylic acids is 1. The second kappa shape index (κ2) is 7.09. The molecule has 1 aliphatic rings. The van der Waals surface area contributed by atoms with Gasteiger partial charge in [-0.25, -0.2) is 4.98 Å². The largest absolute Gasteiger partial charge is 0.318 e. The van der Waals surface area contributed by atoms with Crippen LogP contribution in [0, 0.1) is 0 Å². The van der Waals surface area contributed by atoms with Crippen LogP contribution in [0.2, 0.25) is 5.28 Å². The molecule has 0 atom stereocenters. The lowest BCUT2D eigenvalue weighted by Crippen LogP contribution is -2.04. The van der Waals surface area contributed by atoms with Crippen LogP contribution < -0.4 is 0 Å². The zero-order valence-corrected chi connectivity index (χ0v) is 13.3. The lowest BCUT2D eigenvalue weighted by Gasteiger charge is -2.10. The fraction of sp³-hybridized carbons (Fsp3) is 0.500. The molecule has 0 bridgehead atoms. The summed E-state index contributed by atoms with van der Waals surface area (Å²) in [6.07, 6.45) is 5.77. The van der Waals surface area contributed by atoms with Crippen molar-refractivity contribution < 1.29 is 4.79 Å².